The number of halogens is 1. The van der Waals surface area contributed by atoms with E-state index in [2.05, 4.69) is 49.0 Å². The maximum atomic E-state index is 6.70. The number of hydrogen-bond donors (Lipinski definition) is 0. The molecule has 1 aromatic rings. The molecule has 1 aromatic heterocycles. The zero-order chi connectivity index (χ0) is 18.2. The average molecular weight is 386 g/mol. The molecule has 1 saturated heterocycles. The molecule has 0 aromatic carbocycles. The van der Waals surface area contributed by atoms with E-state index in [1.165, 1.54) is 0 Å². The van der Waals surface area contributed by atoms with Crippen molar-refractivity contribution < 1.29 is 13.9 Å². The van der Waals surface area contributed by atoms with Crippen molar-refractivity contribution in [1.82, 2.24) is 10.2 Å². The number of rotatable bonds is 3. The van der Waals surface area contributed by atoms with Crippen molar-refractivity contribution in [2.24, 2.45) is 0 Å². The number of hydrogen-bond acceptors (Lipinski definition) is 6. The molecule has 0 N–H and O–H groups in total. The van der Waals surface area contributed by atoms with Crippen LogP contribution in [-0.2, 0) is 9.16 Å². The Morgan fingerprint density at radius 3 is 2.76 bits per heavy atom. The highest BCUT2D eigenvalue weighted by atomic mass is 35.5. The molecule has 25 heavy (non-hydrogen) atoms. The van der Waals surface area contributed by atoms with Gasteiger partial charge in [-0.1, -0.05) is 32.4 Å². The maximum Gasteiger partial charge on any atom is 0.194 e. The minimum atomic E-state index is -1.89. The van der Waals surface area contributed by atoms with Crippen LogP contribution >= 0.6 is 11.6 Å². The van der Waals surface area contributed by atoms with Gasteiger partial charge in [0.1, 0.15) is 6.61 Å². The van der Waals surface area contributed by atoms with E-state index in [1.54, 1.807) is 6.07 Å². The Morgan fingerprint density at radius 2 is 2.04 bits per heavy atom. The van der Waals surface area contributed by atoms with E-state index in [0.29, 0.717) is 24.1 Å². The monoisotopic (exact) mass is 385 g/mol. The second-order valence-corrected chi connectivity index (χ2v) is 13.4. The molecule has 2 aliphatic heterocycles. The first-order valence-electron chi connectivity index (χ1n) is 8.87. The number of nitrogens with zero attached hydrogens (tertiary/aromatic N) is 3. The molecular formula is C17H28ClN3O3Si. The van der Waals surface area contributed by atoms with Gasteiger partial charge in [-0.3, -0.25) is 0 Å². The number of anilines is 1. The van der Waals surface area contributed by atoms with Crippen LogP contribution in [-0.4, -0.2) is 57.0 Å². The second kappa shape index (κ2) is 7.02. The molecule has 0 radical (unpaired) electrons. The zero-order valence-corrected chi connectivity index (χ0v) is 17.5. The van der Waals surface area contributed by atoms with Gasteiger partial charge in [-0.15, -0.1) is 10.2 Å². The van der Waals surface area contributed by atoms with E-state index in [0.717, 1.165) is 25.4 Å². The molecule has 140 valence electrons. The normalized spacial score (nSPS) is 24.6. The predicted molar refractivity (Wildman–Crippen MR) is 101 cm³/mol. The van der Waals surface area contributed by atoms with Crippen molar-refractivity contribution in [2.45, 2.75) is 57.5 Å². The lowest BCUT2D eigenvalue weighted by molar-refractivity contribution is -0.0150. The maximum absolute atomic E-state index is 6.70. The molecule has 3 rings (SSSR count). The highest BCUT2D eigenvalue weighted by Gasteiger charge is 2.43. The minimum absolute atomic E-state index is 0.0260. The molecule has 8 heteroatoms. The summed E-state index contributed by atoms with van der Waals surface area (Å²) < 4.78 is 18.2. The molecule has 0 unspecified atom stereocenters. The molecule has 6 nitrogen and oxygen atoms in total. The third-order valence-corrected chi connectivity index (χ3v) is 10.2. The van der Waals surface area contributed by atoms with E-state index in [9.17, 15) is 0 Å². The average Bonchev–Trinajstić information content (AvgIpc) is 2.53. The van der Waals surface area contributed by atoms with Crippen LogP contribution < -0.4 is 9.64 Å². The summed E-state index contributed by atoms with van der Waals surface area (Å²) in [6.07, 6.45) is 0.932. The van der Waals surface area contributed by atoms with Crippen molar-refractivity contribution in [3.63, 3.8) is 0 Å². The Labute approximate surface area is 155 Å². The van der Waals surface area contributed by atoms with E-state index in [1.807, 2.05) is 0 Å². The van der Waals surface area contributed by atoms with Crippen LogP contribution in [0, 0.1) is 0 Å². The third-order valence-electron chi connectivity index (χ3n) is 5.49. The summed E-state index contributed by atoms with van der Waals surface area (Å²) in [6, 6.07) is 1.94. The molecule has 0 bridgehead atoms. The smallest absolute Gasteiger partial charge is 0.194 e. The van der Waals surface area contributed by atoms with Gasteiger partial charge in [-0.25, -0.2) is 0 Å². The Balaban J connectivity index is 1.85. The van der Waals surface area contributed by atoms with Gasteiger partial charge < -0.3 is 18.8 Å². The van der Waals surface area contributed by atoms with Crippen LogP contribution in [0.1, 0.15) is 27.2 Å². The minimum Gasteiger partial charge on any atom is -0.488 e. The topological polar surface area (TPSA) is 56.7 Å². The fraction of sp³-hybridized carbons (Fsp3) is 0.765. The lowest BCUT2D eigenvalue weighted by Crippen LogP contribution is -2.57. The molecule has 0 saturated carbocycles. The van der Waals surface area contributed by atoms with Gasteiger partial charge in [0, 0.05) is 12.7 Å². The van der Waals surface area contributed by atoms with E-state index in [4.69, 9.17) is 25.5 Å². The molecular weight excluding hydrogens is 358 g/mol. The molecule has 1 fully saturated rings. The quantitative estimate of drug-likeness (QED) is 0.742. The van der Waals surface area contributed by atoms with Crippen LogP contribution in [0.3, 0.4) is 0 Å². The summed E-state index contributed by atoms with van der Waals surface area (Å²) in [5.41, 5.74) is 0. The first-order chi connectivity index (χ1) is 11.7. The van der Waals surface area contributed by atoms with Crippen LogP contribution in [0.15, 0.2) is 6.07 Å². The SMILES string of the molecule is CC(C)(C)[Si](C)(C)O[C@@H]1COCC[C@H]1N1CCOc2cc(Cl)nnc21. The zero-order valence-electron chi connectivity index (χ0n) is 15.7. The summed E-state index contributed by atoms with van der Waals surface area (Å²) in [5, 5.41) is 8.80. The van der Waals surface area contributed by atoms with Crippen molar-refractivity contribution in [3.05, 3.63) is 11.2 Å². The van der Waals surface area contributed by atoms with Gasteiger partial charge in [-0.2, -0.15) is 0 Å². The highest BCUT2D eigenvalue weighted by molar-refractivity contribution is 6.74. The van der Waals surface area contributed by atoms with Crippen LogP contribution in [0.4, 0.5) is 5.82 Å². The Kier molecular flexibility index (Phi) is 5.30. The Morgan fingerprint density at radius 1 is 1.28 bits per heavy atom. The van der Waals surface area contributed by atoms with Gasteiger partial charge in [0.25, 0.3) is 0 Å². The van der Waals surface area contributed by atoms with Crippen molar-refractivity contribution >= 4 is 25.7 Å². The second-order valence-electron chi connectivity index (χ2n) is 8.24. The van der Waals surface area contributed by atoms with Crippen LogP contribution in [0.2, 0.25) is 23.3 Å². The van der Waals surface area contributed by atoms with Crippen LogP contribution in [0.5, 0.6) is 5.75 Å². The number of ether oxygens (including phenoxy) is 2. The summed E-state index contributed by atoms with van der Waals surface area (Å²) >= 11 is 5.96. The van der Waals surface area contributed by atoms with Crippen molar-refractivity contribution in [3.8, 4) is 5.75 Å². The largest absolute Gasteiger partial charge is 0.488 e. The first-order valence-corrected chi connectivity index (χ1v) is 12.2. The first kappa shape index (κ1) is 18.9. The molecule has 2 atom stereocenters. The van der Waals surface area contributed by atoms with Gasteiger partial charge >= 0.3 is 0 Å². The Hall–Kier alpha value is -0.893. The summed E-state index contributed by atoms with van der Waals surface area (Å²) in [5.74, 6) is 1.45. The third kappa shape index (κ3) is 3.94. The number of fused-ring (bicyclic) bond motifs is 1. The predicted octanol–water partition coefficient (Wildman–Crippen LogP) is 3.51. The molecule has 0 amide bonds. The van der Waals surface area contributed by atoms with E-state index < -0.39 is 8.32 Å². The van der Waals surface area contributed by atoms with Gasteiger partial charge in [0.15, 0.2) is 25.0 Å². The number of aromatic nitrogens is 2. The van der Waals surface area contributed by atoms with E-state index in [-0.39, 0.29) is 17.2 Å². The van der Waals surface area contributed by atoms with Crippen molar-refractivity contribution in [1.29, 1.82) is 0 Å². The summed E-state index contributed by atoms with van der Waals surface area (Å²) in [6.45, 7) is 14.1. The lowest BCUT2D eigenvalue weighted by Gasteiger charge is -2.46. The standard InChI is InChI=1S/C17H28ClN3O3Si/c1-17(2,3)25(4,5)24-14-11-22-8-6-12(14)21-7-9-23-13-10-15(18)19-20-16(13)21/h10,12,14H,6-9,11H2,1-5H3/t12-,14-/m1/s1. The molecule has 0 aliphatic carbocycles. The highest BCUT2D eigenvalue weighted by Crippen LogP contribution is 2.40. The molecule has 3 heterocycles. The summed E-state index contributed by atoms with van der Waals surface area (Å²) in [4.78, 5) is 2.27. The van der Waals surface area contributed by atoms with Crippen LogP contribution in [0.25, 0.3) is 0 Å². The van der Waals surface area contributed by atoms with E-state index >= 15 is 0 Å². The van der Waals surface area contributed by atoms with Gasteiger partial charge in [0.05, 0.1) is 25.3 Å². The fourth-order valence-electron chi connectivity index (χ4n) is 3.06. The van der Waals surface area contributed by atoms with Gasteiger partial charge in [0.2, 0.25) is 0 Å². The van der Waals surface area contributed by atoms with Gasteiger partial charge in [-0.05, 0) is 24.6 Å². The fourth-order valence-corrected chi connectivity index (χ4v) is 4.53. The molecule has 0 spiro atoms. The molecule has 2 aliphatic rings. The summed E-state index contributed by atoms with van der Waals surface area (Å²) in [7, 11) is -1.89. The Bertz CT molecular complexity index is 624. The lowest BCUT2D eigenvalue weighted by atomic mass is 10.0. The van der Waals surface area contributed by atoms with Crippen molar-refractivity contribution in [2.75, 3.05) is 31.3 Å².